The number of piperazine rings is 1. The van der Waals surface area contributed by atoms with Gasteiger partial charge in [0.2, 0.25) is 5.91 Å². The largest absolute Gasteiger partial charge is 0.484 e. The third-order valence-electron chi connectivity index (χ3n) is 2.74. The summed E-state index contributed by atoms with van der Waals surface area (Å²) in [6.45, 7) is 0.942. The van der Waals surface area contributed by atoms with Gasteiger partial charge in [-0.25, -0.2) is 0 Å². The summed E-state index contributed by atoms with van der Waals surface area (Å²) in [7, 11) is 0. The zero-order valence-electron chi connectivity index (χ0n) is 10.3. The van der Waals surface area contributed by atoms with Crippen molar-refractivity contribution in [2.24, 2.45) is 0 Å². The average Bonchev–Trinajstić information content (AvgIpc) is 2.45. The highest BCUT2D eigenvalue weighted by molar-refractivity contribution is 5.86. The number of nitrogens with zero attached hydrogens (tertiary/aromatic N) is 2. The second kappa shape index (κ2) is 5.87. The van der Waals surface area contributed by atoms with Crippen LogP contribution in [-0.4, -0.2) is 43.0 Å². The molecule has 1 fully saturated rings. The lowest BCUT2D eigenvalue weighted by Gasteiger charge is -2.26. The van der Waals surface area contributed by atoms with Crippen molar-refractivity contribution < 1.29 is 14.3 Å². The normalized spacial score (nSPS) is 14.5. The maximum absolute atomic E-state index is 11.8. The first-order valence-electron chi connectivity index (χ1n) is 5.86. The minimum Gasteiger partial charge on any atom is -0.484 e. The molecule has 0 spiro atoms. The van der Waals surface area contributed by atoms with Gasteiger partial charge in [0.1, 0.15) is 5.75 Å². The van der Waals surface area contributed by atoms with E-state index in [-0.39, 0.29) is 25.0 Å². The first-order chi connectivity index (χ1) is 9.19. The van der Waals surface area contributed by atoms with E-state index in [1.54, 1.807) is 24.3 Å². The van der Waals surface area contributed by atoms with Crippen LogP contribution in [0, 0.1) is 11.3 Å². The Kier molecular flexibility index (Phi) is 3.98. The number of nitrogens with one attached hydrogen (secondary N) is 1. The standard InChI is InChI=1S/C13H13N3O3/c14-7-10-1-3-11(4-2-10)19-9-13(18)16-6-5-15-12(17)8-16/h1-4H,5-6,8-9H2,(H,15,17). The minimum atomic E-state index is -0.223. The maximum Gasteiger partial charge on any atom is 0.261 e. The fraction of sp³-hybridized carbons (Fsp3) is 0.308. The molecule has 2 amide bonds. The summed E-state index contributed by atoms with van der Waals surface area (Å²) in [4.78, 5) is 24.4. The Balaban J connectivity index is 1.85. The number of amides is 2. The topological polar surface area (TPSA) is 82.4 Å². The fourth-order valence-electron chi connectivity index (χ4n) is 1.71. The lowest BCUT2D eigenvalue weighted by molar-refractivity contribution is -0.139. The zero-order valence-corrected chi connectivity index (χ0v) is 10.3. The van der Waals surface area contributed by atoms with E-state index in [0.717, 1.165) is 0 Å². The number of carbonyl (C=O) groups is 2. The molecule has 2 rings (SSSR count). The van der Waals surface area contributed by atoms with Gasteiger partial charge in [-0.15, -0.1) is 0 Å². The third kappa shape index (κ3) is 3.45. The van der Waals surface area contributed by atoms with Crippen LogP contribution in [0.1, 0.15) is 5.56 Å². The van der Waals surface area contributed by atoms with Crippen molar-refractivity contribution in [2.75, 3.05) is 26.2 Å². The molecular formula is C13H13N3O3. The van der Waals surface area contributed by atoms with Crippen molar-refractivity contribution >= 4 is 11.8 Å². The number of hydrogen-bond donors (Lipinski definition) is 1. The van der Waals surface area contributed by atoms with Crippen molar-refractivity contribution in [3.8, 4) is 11.8 Å². The summed E-state index contributed by atoms with van der Waals surface area (Å²) in [6, 6.07) is 8.51. The molecule has 0 atom stereocenters. The van der Waals surface area contributed by atoms with Crippen LogP contribution >= 0.6 is 0 Å². The molecule has 0 aliphatic carbocycles. The molecule has 19 heavy (non-hydrogen) atoms. The number of ether oxygens (including phenoxy) is 1. The second-order valence-electron chi connectivity index (χ2n) is 4.09. The van der Waals surface area contributed by atoms with Gasteiger partial charge in [0.25, 0.3) is 5.91 Å². The lowest BCUT2D eigenvalue weighted by atomic mass is 10.2. The Morgan fingerprint density at radius 3 is 2.79 bits per heavy atom. The van der Waals surface area contributed by atoms with Crippen LogP contribution in [-0.2, 0) is 9.59 Å². The molecule has 1 aromatic rings. The van der Waals surface area contributed by atoms with Crippen LogP contribution in [0.25, 0.3) is 0 Å². The summed E-state index contributed by atoms with van der Waals surface area (Å²) in [6.07, 6.45) is 0. The SMILES string of the molecule is N#Cc1ccc(OCC(=O)N2CCNC(=O)C2)cc1. The van der Waals surface area contributed by atoms with E-state index in [9.17, 15) is 9.59 Å². The molecule has 0 aromatic heterocycles. The molecule has 1 aliphatic rings. The van der Waals surface area contributed by atoms with Gasteiger partial charge < -0.3 is 15.0 Å². The number of rotatable bonds is 3. The summed E-state index contributed by atoms with van der Waals surface area (Å²) < 4.78 is 5.32. The smallest absolute Gasteiger partial charge is 0.261 e. The van der Waals surface area contributed by atoms with Crippen molar-refractivity contribution in [3.05, 3.63) is 29.8 Å². The van der Waals surface area contributed by atoms with Crippen LogP contribution < -0.4 is 10.1 Å². The highest BCUT2D eigenvalue weighted by Gasteiger charge is 2.21. The number of benzene rings is 1. The van der Waals surface area contributed by atoms with Crippen molar-refractivity contribution in [2.45, 2.75) is 0 Å². The van der Waals surface area contributed by atoms with Crippen LogP contribution in [0.15, 0.2) is 24.3 Å². The fourth-order valence-corrected chi connectivity index (χ4v) is 1.71. The Morgan fingerprint density at radius 2 is 2.16 bits per heavy atom. The molecule has 1 heterocycles. The van der Waals surface area contributed by atoms with Gasteiger partial charge in [0, 0.05) is 13.1 Å². The number of nitriles is 1. The molecule has 0 unspecified atom stereocenters. The van der Waals surface area contributed by atoms with Gasteiger partial charge in [-0.05, 0) is 24.3 Å². The predicted octanol–water partition coefficient (Wildman–Crippen LogP) is -0.105. The monoisotopic (exact) mass is 259 g/mol. The lowest BCUT2D eigenvalue weighted by Crippen LogP contribution is -2.51. The molecular weight excluding hydrogens is 246 g/mol. The summed E-state index contributed by atoms with van der Waals surface area (Å²) >= 11 is 0. The first kappa shape index (κ1) is 12.9. The second-order valence-corrected chi connectivity index (χ2v) is 4.09. The van der Waals surface area contributed by atoms with Crippen LogP contribution in [0.5, 0.6) is 5.75 Å². The molecule has 1 aliphatic heterocycles. The summed E-state index contributed by atoms with van der Waals surface area (Å²) in [5.74, 6) is 0.144. The van der Waals surface area contributed by atoms with Crippen LogP contribution in [0.2, 0.25) is 0 Å². The van der Waals surface area contributed by atoms with Crippen molar-refractivity contribution in [1.29, 1.82) is 5.26 Å². The Bertz CT molecular complexity index is 519. The molecule has 1 aromatic carbocycles. The van der Waals surface area contributed by atoms with E-state index >= 15 is 0 Å². The van der Waals surface area contributed by atoms with E-state index in [0.29, 0.717) is 24.4 Å². The van der Waals surface area contributed by atoms with Crippen LogP contribution in [0.3, 0.4) is 0 Å². The van der Waals surface area contributed by atoms with Crippen molar-refractivity contribution in [3.63, 3.8) is 0 Å². The van der Waals surface area contributed by atoms with Gasteiger partial charge in [-0.3, -0.25) is 9.59 Å². The van der Waals surface area contributed by atoms with E-state index < -0.39 is 0 Å². The average molecular weight is 259 g/mol. The van der Waals surface area contributed by atoms with Gasteiger partial charge in [-0.1, -0.05) is 0 Å². The van der Waals surface area contributed by atoms with E-state index in [1.807, 2.05) is 6.07 Å². The summed E-state index contributed by atoms with van der Waals surface area (Å²) in [5.41, 5.74) is 0.534. The molecule has 1 saturated heterocycles. The van der Waals surface area contributed by atoms with Crippen LogP contribution in [0.4, 0.5) is 0 Å². The van der Waals surface area contributed by atoms with Gasteiger partial charge in [0.15, 0.2) is 6.61 Å². The molecule has 6 nitrogen and oxygen atoms in total. The zero-order chi connectivity index (χ0) is 13.7. The predicted molar refractivity (Wildman–Crippen MR) is 66.2 cm³/mol. The highest BCUT2D eigenvalue weighted by atomic mass is 16.5. The van der Waals surface area contributed by atoms with Crippen molar-refractivity contribution in [1.82, 2.24) is 10.2 Å². The quantitative estimate of drug-likeness (QED) is 0.821. The minimum absolute atomic E-state index is 0.0789. The Hall–Kier alpha value is -2.55. The molecule has 1 N–H and O–H groups in total. The molecule has 0 saturated carbocycles. The van der Waals surface area contributed by atoms with Gasteiger partial charge in [0.05, 0.1) is 18.2 Å². The number of hydrogen-bond acceptors (Lipinski definition) is 4. The van der Waals surface area contributed by atoms with Gasteiger partial charge >= 0.3 is 0 Å². The molecule has 98 valence electrons. The molecule has 0 bridgehead atoms. The highest BCUT2D eigenvalue weighted by Crippen LogP contribution is 2.11. The van der Waals surface area contributed by atoms with E-state index in [2.05, 4.69) is 5.32 Å². The first-order valence-corrected chi connectivity index (χ1v) is 5.86. The maximum atomic E-state index is 11.8. The summed E-state index contributed by atoms with van der Waals surface area (Å²) in [5, 5.41) is 11.3. The molecule has 0 radical (unpaired) electrons. The number of carbonyl (C=O) groups excluding carboxylic acids is 2. The van der Waals surface area contributed by atoms with Gasteiger partial charge in [-0.2, -0.15) is 5.26 Å². The third-order valence-corrected chi connectivity index (χ3v) is 2.74. The van der Waals surface area contributed by atoms with E-state index in [4.69, 9.17) is 10.00 Å². The Labute approximate surface area is 110 Å². The molecule has 6 heteroatoms. The van der Waals surface area contributed by atoms with E-state index in [1.165, 1.54) is 4.90 Å². The Morgan fingerprint density at radius 1 is 1.42 bits per heavy atom.